The highest BCUT2D eigenvalue weighted by atomic mass is 16.3. The Hall–Kier alpha value is -0.860. The lowest BCUT2D eigenvalue weighted by atomic mass is 9.92. The van der Waals surface area contributed by atoms with Gasteiger partial charge in [-0.25, -0.2) is 0 Å². The van der Waals surface area contributed by atoms with Crippen LogP contribution in [0.3, 0.4) is 0 Å². The molecule has 0 saturated heterocycles. The summed E-state index contributed by atoms with van der Waals surface area (Å²) in [5.41, 5.74) is 4.36. The number of nitrogens with one attached hydrogen (secondary N) is 1. The molecule has 3 atom stereocenters. The standard InChI is InChI=1S/C16H23NO/c1-11-5-6-12-7-8-16(15(12)9-11)17-13-3-2-4-14(18)10-13/h5-6,9,13-14,16-18H,2-4,7-8,10H2,1H3. The van der Waals surface area contributed by atoms with Crippen molar-refractivity contribution in [1.82, 2.24) is 5.32 Å². The maximum atomic E-state index is 9.75. The van der Waals surface area contributed by atoms with Crippen LogP contribution in [0.5, 0.6) is 0 Å². The predicted molar refractivity (Wildman–Crippen MR) is 73.6 cm³/mol. The molecule has 1 saturated carbocycles. The topological polar surface area (TPSA) is 32.3 Å². The van der Waals surface area contributed by atoms with Crippen LogP contribution in [0.1, 0.15) is 54.8 Å². The SMILES string of the molecule is Cc1ccc2c(c1)C(NC1CCCC(O)C1)CC2. The number of rotatable bonds is 2. The molecule has 1 aromatic carbocycles. The van der Waals surface area contributed by atoms with Crippen LogP contribution in [0.2, 0.25) is 0 Å². The zero-order valence-electron chi connectivity index (χ0n) is 11.2. The van der Waals surface area contributed by atoms with Crippen molar-refractivity contribution in [3.8, 4) is 0 Å². The summed E-state index contributed by atoms with van der Waals surface area (Å²) >= 11 is 0. The van der Waals surface area contributed by atoms with E-state index >= 15 is 0 Å². The van der Waals surface area contributed by atoms with Crippen molar-refractivity contribution in [3.05, 3.63) is 34.9 Å². The van der Waals surface area contributed by atoms with Crippen molar-refractivity contribution in [3.63, 3.8) is 0 Å². The number of aliphatic hydroxyl groups is 1. The highest BCUT2D eigenvalue weighted by Crippen LogP contribution is 2.33. The lowest BCUT2D eigenvalue weighted by molar-refractivity contribution is 0.108. The van der Waals surface area contributed by atoms with Gasteiger partial charge in [-0.3, -0.25) is 0 Å². The van der Waals surface area contributed by atoms with E-state index in [9.17, 15) is 5.11 Å². The van der Waals surface area contributed by atoms with Crippen molar-refractivity contribution < 1.29 is 5.11 Å². The summed E-state index contributed by atoms with van der Waals surface area (Å²) < 4.78 is 0. The molecule has 2 aliphatic rings. The molecular formula is C16H23NO. The third-order valence-corrected chi connectivity index (χ3v) is 4.46. The monoisotopic (exact) mass is 245 g/mol. The summed E-state index contributed by atoms with van der Waals surface area (Å²) in [7, 11) is 0. The highest BCUT2D eigenvalue weighted by molar-refractivity contribution is 5.37. The van der Waals surface area contributed by atoms with Crippen LogP contribution in [-0.2, 0) is 6.42 Å². The fourth-order valence-corrected chi connectivity index (χ4v) is 3.49. The van der Waals surface area contributed by atoms with Crippen molar-refractivity contribution in [2.45, 2.75) is 63.6 Å². The summed E-state index contributed by atoms with van der Waals surface area (Å²) in [6.07, 6.45) is 6.61. The minimum Gasteiger partial charge on any atom is -0.393 e. The summed E-state index contributed by atoms with van der Waals surface area (Å²) in [6.45, 7) is 2.17. The Morgan fingerprint density at radius 3 is 2.94 bits per heavy atom. The van der Waals surface area contributed by atoms with Gasteiger partial charge >= 0.3 is 0 Å². The van der Waals surface area contributed by atoms with Crippen LogP contribution < -0.4 is 5.32 Å². The molecule has 1 fully saturated rings. The molecule has 0 aromatic heterocycles. The Morgan fingerprint density at radius 1 is 1.22 bits per heavy atom. The highest BCUT2D eigenvalue weighted by Gasteiger charge is 2.27. The lowest BCUT2D eigenvalue weighted by Gasteiger charge is -2.29. The van der Waals surface area contributed by atoms with Gasteiger partial charge in [-0.1, -0.05) is 23.8 Å². The van der Waals surface area contributed by atoms with Crippen molar-refractivity contribution in [2.75, 3.05) is 0 Å². The second-order valence-corrected chi connectivity index (χ2v) is 5.98. The van der Waals surface area contributed by atoms with Gasteiger partial charge in [0.1, 0.15) is 0 Å². The van der Waals surface area contributed by atoms with E-state index in [1.54, 1.807) is 0 Å². The van der Waals surface area contributed by atoms with Gasteiger partial charge in [0, 0.05) is 12.1 Å². The largest absolute Gasteiger partial charge is 0.393 e. The molecule has 18 heavy (non-hydrogen) atoms. The van der Waals surface area contributed by atoms with Gasteiger partial charge in [0.2, 0.25) is 0 Å². The summed E-state index contributed by atoms with van der Waals surface area (Å²) in [4.78, 5) is 0. The molecule has 0 amide bonds. The summed E-state index contributed by atoms with van der Waals surface area (Å²) in [6, 6.07) is 7.84. The quantitative estimate of drug-likeness (QED) is 0.839. The first kappa shape index (κ1) is 12.2. The Balaban J connectivity index is 1.70. The van der Waals surface area contributed by atoms with Crippen LogP contribution >= 0.6 is 0 Å². The van der Waals surface area contributed by atoms with Crippen molar-refractivity contribution in [1.29, 1.82) is 0 Å². The second-order valence-electron chi connectivity index (χ2n) is 5.98. The molecular weight excluding hydrogens is 222 g/mol. The van der Waals surface area contributed by atoms with E-state index < -0.39 is 0 Å². The average molecular weight is 245 g/mol. The number of fused-ring (bicyclic) bond motifs is 1. The smallest absolute Gasteiger partial charge is 0.0555 e. The van der Waals surface area contributed by atoms with Crippen LogP contribution in [0.25, 0.3) is 0 Å². The van der Waals surface area contributed by atoms with E-state index in [0.29, 0.717) is 12.1 Å². The van der Waals surface area contributed by atoms with Gasteiger partial charge in [-0.05, 0) is 56.6 Å². The molecule has 98 valence electrons. The molecule has 2 nitrogen and oxygen atoms in total. The van der Waals surface area contributed by atoms with E-state index in [1.165, 1.54) is 36.0 Å². The van der Waals surface area contributed by atoms with E-state index in [1.807, 2.05) is 0 Å². The van der Waals surface area contributed by atoms with E-state index in [-0.39, 0.29) is 6.10 Å². The number of benzene rings is 1. The van der Waals surface area contributed by atoms with Gasteiger partial charge in [0.05, 0.1) is 6.10 Å². The lowest BCUT2D eigenvalue weighted by Crippen LogP contribution is -2.37. The third-order valence-electron chi connectivity index (χ3n) is 4.46. The molecule has 2 heteroatoms. The van der Waals surface area contributed by atoms with Gasteiger partial charge < -0.3 is 10.4 Å². The number of hydrogen-bond donors (Lipinski definition) is 2. The Kier molecular flexibility index (Phi) is 3.40. The molecule has 0 heterocycles. The van der Waals surface area contributed by atoms with Gasteiger partial charge in [-0.2, -0.15) is 0 Å². The van der Waals surface area contributed by atoms with Gasteiger partial charge in [0.25, 0.3) is 0 Å². The fourth-order valence-electron chi connectivity index (χ4n) is 3.49. The van der Waals surface area contributed by atoms with Crippen LogP contribution in [0, 0.1) is 6.92 Å². The number of hydrogen-bond acceptors (Lipinski definition) is 2. The Labute approximate surface area is 109 Å². The second kappa shape index (κ2) is 5.02. The van der Waals surface area contributed by atoms with Gasteiger partial charge in [0.15, 0.2) is 0 Å². The third kappa shape index (κ3) is 2.45. The average Bonchev–Trinajstić information content (AvgIpc) is 2.72. The zero-order valence-corrected chi connectivity index (χ0v) is 11.2. The maximum Gasteiger partial charge on any atom is 0.0555 e. The van der Waals surface area contributed by atoms with Crippen LogP contribution in [0.15, 0.2) is 18.2 Å². The van der Waals surface area contributed by atoms with E-state index in [0.717, 1.165) is 19.3 Å². The van der Waals surface area contributed by atoms with Crippen molar-refractivity contribution in [2.24, 2.45) is 0 Å². The van der Waals surface area contributed by atoms with Gasteiger partial charge in [-0.15, -0.1) is 0 Å². The fraction of sp³-hybridized carbons (Fsp3) is 0.625. The van der Waals surface area contributed by atoms with E-state index in [2.05, 4.69) is 30.4 Å². The molecule has 3 rings (SSSR count). The minimum atomic E-state index is -0.0883. The maximum absolute atomic E-state index is 9.75. The molecule has 3 unspecified atom stereocenters. The van der Waals surface area contributed by atoms with Crippen LogP contribution in [0.4, 0.5) is 0 Å². The first-order chi connectivity index (χ1) is 8.72. The minimum absolute atomic E-state index is 0.0883. The first-order valence-electron chi connectivity index (χ1n) is 7.26. The van der Waals surface area contributed by atoms with Crippen molar-refractivity contribution >= 4 is 0 Å². The molecule has 0 radical (unpaired) electrons. The van der Waals surface area contributed by atoms with Crippen LogP contribution in [-0.4, -0.2) is 17.3 Å². The molecule has 0 bridgehead atoms. The molecule has 1 aromatic rings. The Morgan fingerprint density at radius 2 is 2.11 bits per heavy atom. The molecule has 0 aliphatic heterocycles. The van der Waals surface area contributed by atoms with E-state index in [4.69, 9.17) is 0 Å². The first-order valence-corrected chi connectivity index (χ1v) is 7.26. The summed E-state index contributed by atoms with van der Waals surface area (Å²) in [5.74, 6) is 0. The number of aryl methyl sites for hydroxylation is 2. The summed E-state index contributed by atoms with van der Waals surface area (Å²) in [5, 5.41) is 13.5. The molecule has 0 spiro atoms. The number of aliphatic hydroxyl groups excluding tert-OH is 1. The predicted octanol–water partition coefficient (Wildman–Crippen LogP) is 2.88. The zero-order chi connectivity index (χ0) is 12.5. The molecule has 2 aliphatic carbocycles. The molecule has 2 N–H and O–H groups in total. The normalized spacial score (nSPS) is 31.3. The Bertz CT molecular complexity index is 429.